The van der Waals surface area contributed by atoms with Gasteiger partial charge in [0.1, 0.15) is 6.29 Å². The Hall–Kier alpha value is -0.830. The molecule has 0 rings (SSSR count). The highest BCUT2D eigenvalue weighted by Gasteiger charge is 1.94. The number of carbonyl (C=O) groups is 1. The smallest absolute Gasteiger partial charge is 0.144 e. The second-order valence-corrected chi connectivity index (χ2v) is 3.17. The largest absolute Gasteiger partial charge is 0.389 e. The van der Waals surface area contributed by atoms with E-state index in [4.69, 9.17) is 0 Å². The molecule has 0 aromatic carbocycles. The minimum atomic E-state index is 0.849. The van der Waals surface area contributed by atoms with Crippen LogP contribution in [0.4, 0.5) is 0 Å². The molecule has 0 aromatic heterocycles. The van der Waals surface area contributed by atoms with Crippen LogP contribution < -0.4 is 10.6 Å². The van der Waals surface area contributed by atoms with Crippen molar-refractivity contribution >= 4 is 6.29 Å². The molecule has 0 aliphatic rings. The predicted molar refractivity (Wildman–Crippen MR) is 60.2 cm³/mol. The van der Waals surface area contributed by atoms with E-state index in [2.05, 4.69) is 17.6 Å². The number of hydrogen-bond acceptors (Lipinski definition) is 3. The first-order valence-electron chi connectivity index (χ1n) is 5.44. The monoisotopic (exact) mass is 198 g/mol. The van der Waals surface area contributed by atoms with Crippen molar-refractivity contribution in [2.45, 2.75) is 33.1 Å². The molecule has 0 aliphatic carbocycles. The van der Waals surface area contributed by atoms with Crippen LogP contribution in [0.25, 0.3) is 0 Å². The summed E-state index contributed by atoms with van der Waals surface area (Å²) in [5, 5.41) is 6.46. The zero-order valence-electron chi connectivity index (χ0n) is 9.31. The van der Waals surface area contributed by atoms with Crippen LogP contribution in [0, 0.1) is 0 Å². The molecule has 0 fully saturated rings. The van der Waals surface area contributed by atoms with Crippen LogP contribution in [0.5, 0.6) is 0 Å². The fraction of sp³-hybridized carbons (Fsp3) is 0.727. The number of hydrogen-bond donors (Lipinski definition) is 2. The van der Waals surface area contributed by atoms with Crippen molar-refractivity contribution < 1.29 is 4.79 Å². The minimum absolute atomic E-state index is 0.849. The van der Waals surface area contributed by atoms with Crippen molar-refractivity contribution in [3.63, 3.8) is 0 Å². The molecule has 0 heterocycles. The van der Waals surface area contributed by atoms with Crippen LogP contribution in [0.15, 0.2) is 11.8 Å². The molecule has 3 nitrogen and oxygen atoms in total. The van der Waals surface area contributed by atoms with Crippen LogP contribution in [-0.4, -0.2) is 25.9 Å². The average Bonchev–Trinajstić information content (AvgIpc) is 2.18. The maximum Gasteiger partial charge on any atom is 0.144 e. The Morgan fingerprint density at radius 3 is 2.57 bits per heavy atom. The summed E-state index contributed by atoms with van der Waals surface area (Å²) in [5.41, 5.74) is 1.05. The second-order valence-electron chi connectivity index (χ2n) is 3.17. The van der Waals surface area contributed by atoms with E-state index in [1.54, 1.807) is 6.08 Å². The van der Waals surface area contributed by atoms with E-state index < -0.39 is 0 Å². The lowest BCUT2D eigenvalue weighted by molar-refractivity contribution is -0.104. The molecule has 0 amide bonds. The van der Waals surface area contributed by atoms with Crippen LogP contribution in [0.3, 0.4) is 0 Å². The zero-order valence-corrected chi connectivity index (χ0v) is 9.31. The van der Waals surface area contributed by atoms with E-state index in [9.17, 15) is 4.79 Å². The maximum absolute atomic E-state index is 10.3. The quantitative estimate of drug-likeness (QED) is 0.335. The topological polar surface area (TPSA) is 41.1 Å². The molecular weight excluding hydrogens is 176 g/mol. The van der Waals surface area contributed by atoms with Crippen LogP contribution in [-0.2, 0) is 4.79 Å². The Morgan fingerprint density at radius 1 is 1.21 bits per heavy atom. The van der Waals surface area contributed by atoms with Crippen LogP contribution >= 0.6 is 0 Å². The summed E-state index contributed by atoms with van der Waals surface area (Å²) in [6.45, 7) is 7.13. The van der Waals surface area contributed by atoms with Gasteiger partial charge in [0.25, 0.3) is 0 Å². The average molecular weight is 198 g/mol. The van der Waals surface area contributed by atoms with Gasteiger partial charge in [0.05, 0.1) is 0 Å². The van der Waals surface area contributed by atoms with Gasteiger partial charge < -0.3 is 10.6 Å². The fourth-order valence-electron chi connectivity index (χ4n) is 1.28. The third-order valence-corrected chi connectivity index (χ3v) is 1.97. The van der Waals surface area contributed by atoms with Gasteiger partial charge in [0, 0.05) is 12.2 Å². The van der Waals surface area contributed by atoms with Crippen LogP contribution in [0.2, 0.25) is 0 Å². The van der Waals surface area contributed by atoms with E-state index in [-0.39, 0.29) is 0 Å². The maximum atomic E-state index is 10.3. The summed E-state index contributed by atoms with van der Waals surface area (Å²) in [4.78, 5) is 10.3. The van der Waals surface area contributed by atoms with Crippen molar-refractivity contribution in [1.82, 2.24) is 10.6 Å². The Kier molecular flexibility index (Phi) is 9.64. The standard InChI is InChI=1S/C11H22N2O/c1-3-12-9-6-5-7-11(8-10-14)13-4-2/h8,10,12-13H,3-7,9H2,1-2H3. The molecule has 0 bridgehead atoms. The van der Waals surface area contributed by atoms with Gasteiger partial charge in [-0.1, -0.05) is 6.92 Å². The van der Waals surface area contributed by atoms with Gasteiger partial charge in [-0.15, -0.1) is 0 Å². The molecule has 0 unspecified atom stereocenters. The van der Waals surface area contributed by atoms with Gasteiger partial charge >= 0.3 is 0 Å². The molecule has 0 aliphatic heterocycles. The molecule has 0 atom stereocenters. The first-order valence-corrected chi connectivity index (χ1v) is 5.44. The van der Waals surface area contributed by atoms with E-state index in [0.29, 0.717) is 0 Å². The summed E-state index contributed by atoms with van der Waals surface area (Å²) >= 11 is 0. The first-order chi connectivity index (χ1) is 6.85. The molecule has 0 saturated heterocycles. The Morgan fingerprint density at radius 2 is 2.00 bits per heavy atom. The molecule has 0 aromatic rings. The van der Waals surface area contributed by atoms with Gasteiger partial charge in [-0.25, -0.2) is 0 Å². The normalized spacial score (nSPS) is 11.4. The van der Waals surface area contributed by atoms with Crippen molar-refractivity contribution in [2.75, 3.05) is 19.6 Å². The van der Waals surface area contributed by atoms with Crippen LogP contribution in [0.1, 0.15) is 33.1 Å². The van der Waals surface area contributed by atoms with Crippen molar-refractivity contribution in [3.05, 3.63) is 11.8 Å². The SMILES string of the molecule is CCNCCCCC(=CC=O)NCC. The molecule has 2 N–H and O–H groups in total. The van der Waals surface area contributed by atoms with E-state index in [1.165, 1.54) is 0 Å². The van der Waals surface area contributed by atoms with E-state index >= 15 is 0 Å². The number of carbonyl (C=O) groups excluding carboxylic acids is 1. The van der Waals surface area contributed by atoms with Crippen molar-refractivity contribution in [3.8, 4) is 0 Å². The second kappa shape index (κ2) is 10.3. The molecule has 14 heavy (non-hydrogen) atoms. The molecule has 3 heteroatoms. The third-order valence-electron chi connectivity index (χ3n) is 1.97. The highest BCUT2D eigenvalue weighted by Crippen LogP contribution is 2.02. The highest BCUT2D eigenvalue weighted by atomic mass is 16.1. The van der Waals surface area contributed by atoms with Crippen molar-refractivity contribution in [2.24, 2.45) is 0 Å². The highest BCUT2D eigenvalue weighted by molar-refractivity contribution is 5.65. The van der Waals surface area contributed by atoms with Crippen molar-refractivity contribution in [1.29, 1.82) is 0 Å². The number of aldehydes is 1. The lowest BCUT2D eigenvalue weighted by Crippen LogP contribution is -2.15. The molecule has 82 valence electrons. The van der Waals surface area contributed by atoms with Gasteiger partial charge in [0.15, 0.2) is 0 Å². The van der Waals surface area contributed by atoms with Gasteiger partial charge in [-0.2, -0.15) is 0 Å². The lowest BCUT2D eigenvalue weighted by atomic mass is 10.2. The summed E-state index contributed by atoms with van der Waals surface area (Å²) in [6, 6.07) is 0. The molecule has 0 radical (unpaired) electrons. The van der Waals surface area contributed by atoms with E-state index in [1.807, 2.05) is 6.92 Å². The van der Waals surface area contributed by atoms with Gasteiger partial charge in [-0.05, 0) is 45.4 Å². The lowest BCUT2D eigenvalue weighted by Gasteiger charge is -2.07. The Labute approximate surface area is 87.0 Å². The summed E-state index contributed by atoms with van der Waals surface area (Å²) in [7, 11) is 0. The summed E-state index contributed by atoms with van der Waals surface area (Å²) in [6.07, 6.45) is 5.73. The summed E-state index contributed by atoms with van der Waals surface area (Å²) < 4.78 is 0. The Balaban J connectivity index is 3.51. The minimum Gasteiger partial charge on any atom is -0.389 e. The summed E-state index contributed by atoms with van der Waals surface area (Å²) in [5.74, 6) is 0. The van der Waals surface area contributed by atoms with E-state index in [0.717, 1.165) is 50.9 Å². The molecule has 0 saturated carbocycles. The number of allylic oxidation sites excluding steroid dienone is 2. The Bertz CT molecular complexity index is 167. The predicted octanol–water partition coefficient (Wildman–Crippen LogP) is 1.46. The molecule has 0 spiro atoms. The van der Waals surface area contributed by atoms with Gasteiger partial charge in [0.2, 0.25) is 0 Å². The fourth-order valence-corrected chi connectivity index (χ4v) is 1.28. The molecular formula is C11H22N2O. The van der Waals surface area contributed by atoms with Gasteiger partial charge in [-0.3, -0.25) is 4.79 Å². The number of nitrogens with one attached hydrogen (secondary N) is 2. The number of unbranched alkanes of at least 4 members (excludes halogenated alkanes) is 1. The first kappa shape index (κ1) is 13.2. The number of rotatable bonds is 9. The zero-order chi connectivity index (χ0) is 10.6. The third kappa shape index (κ3) is 7.80.